The Bertz CT molecular complexity index is 3400. The number of para-hydroxylation sites is 2. The summed E-state index contributed by atoms with van der Waals surface area (Å²) < 4.78 is 1.69. The average molecular weight is 1340 g/mol. The summed E-state index contributed by atoms with van der Waals surface area (Å²) in [6.45, 7) is 11.2. The van der Waals surface area contributed by atoms with Gasteiger partial charge in [-0.15, -0.1) is 17.4 Å². The van der Waals surface area contributed by atoms with E-state index in [-0.39, 0.29) is 101 Å². The number of piperidine rings is 1. The van der Waals surface area contributed by atoms with Crippen molar-refractivity contribution in [1.82, 2.24) is 56.4 Å². The predicted molar refractivity (Wildman–Crippen MR) is 373 cm³/mol. The Kier molecular flexibility index (Phi) is 31.8. The minimum atomic E-state index is -1.15. The van der Waals surface area contributed by atoms with Gasteiger partial charge in [0.15, 0.2) is 17.3 Å². The molecule has 0 bridgehead atoms. The first kappa shape index (κ1) is 77.6. The van der Waals surface area contributed by atoms with Crippen LogP contribution in [0.1, 0.15) is 167 Å². The molecule has 24 heteroatoms. The summed E-state index contributed by atoms with van der Waals surface area (Å²) >= 11 is 0. The number of H-pyrrole nitrogens is 2. The van der Waals surface area contributed by atoms with E-state index in [4.69, 9.17) is 23.6 Å². The number of nitrogens with two attached hydrogens (primary N) is 3. The Morgan fingerprint density at radius 2 is 1.19 bits per heavy atom. The summed E-state index contributed by atoms with van der Waals surface area (Å²) in [5.41, 5.74) is 21.5. The minimum absolute atomic E-state index is 0.0265. The Balaban J connectivity index is 1.21. The highest BCUT2D eigenvalue weighted by atomic mass is 16.2. The number of rotatable bonds is 45. The van der Waals surface area contributed by atoms with Crippen molar-refractivity contribution in [2.24, 2.45) is 52.7 Å². The zero-order chi connectivity index (χ0) is 70.6. The molecule has 0 spiro atoms. The van der Waals surface area contributed by atoms with E-state index in [9.17, 15) is 47.9 Å². The predicted octanol–water partition coefficient (Wildman–Crippen LogP) is 5.77. The van der Waals surface area contributed by atoms with Gasteiger partial charge in [-0.25, -0.2) is 0 Å². The number of fused-ring (bicyclic) bond motifs is 2. The van der Waals surface area contributed by atoms with E-state index in [0.717, 1.165) is 59.9 Å². The van der Waals surface area contributed by atoms with Crippen LogP contribution in [0.2, 0.25) is 0 Å². The normalized spacial score (nSPS) is 15.3. The molecule has 4 heterocycles. The third-order valence-electron chi connectivity index (χ3n) is 18.3. The molecule has 24 nitrogen and oxygen atoms in total. The number of terminal acetylenes is 1. The lowest BCUT2D eigenvalue weighted by Gasteiger charge is -2.30. The van der Waals surface area contributed by atoms with Crippen LogP contribution < -0.4 is 43.8 Å². The fourth-order valence-corrected chi connectivity index (χ4v) is 12.8. The van der Waals surface area contributed by atoms with Gasteiger partial charge in [0.25, 0.3) is 0 Å². The van der Waals surface area contributed by atoms with Crippen LogP contribution in [0.3, 0.4) is 0 Å². The van der Waals surface area contributed by atoms with Crippen molar-refractivity contribution in [3.63, 3.8) is 0 Å². The van der Waals surface area contributed by atoms with E-state index in [1.54, 1.807) is 31.8 Å². The Morgan fingerprint density at radius 1 is 0.639 bits per heavy atom. The third kappa shape index (κ3) is 25.2. The monoisotopic (exact) mass is 1340 g/mol. The van der Waals surface area contributed by atoms with Crippen molar-refractivity contribution < 1.29 is 47.9 Å². The maximum Gasteiger partial charge on any atom is 0.240 e. The first-order valence-electron chi connectivity index (χ1n) is 34.9. The molecule has 0 radical (unpaired) electrons. The van der Waals surface area contributed by atoms with Gasteiger partial charge in [0.2, 0.25) is 35.4 Å². The lowest BCUT2D eigenvalue weighted by Crippen LogP contribution is -2.50. The summed E-state index contributed by atoms with van der Waals surface area (Å²) in [4.78, 5) is 149. The molecule has 1 aliphatic rings. The number of likely N-dealkylation sites (tertiary alicyclic amines) is 1. The Morgan fingerprint density at radius 3 is 1.75 bits per heavy atom. The molecule has 3 aromatic heterocycles. The largest absolute Gasteiger partial charge is 0.369 e. The molecule has 0 aliphatic carbocycles. The first-order chi connectivity index (χ1) is 46.5. The SMILES string of the molecule is C#CCC(N)C(=O)NCCCCC(CC(C)=O)C(=O)NC(Cc1cc2ccccc2[nH]1)C(=O)CC(CCCCN)C(=O)NC(C(=O)CC(CCCCn1cc(CC(NC)C(=O)N2CCCCC2)nn1)C(=O)NC(CC(C)C)C(=O)CC(Cc1cc2ccccc2[nH]1)C(N)=O)C(C)C. The van der Waals surface area contributed by atoms with Crippen LogP contribution in [-0.2, 0) is 73.8 Å². The molecule has 1 fully saturated rings. The Labute approximate surface area is 570 Å². The summed E-state index contributed by atoms with van der Waals surface area (Å²) in [7, 11) is 1.75. The first-order valence-corrected chi connectivity index (χ1v) is 34.9. The van der Waals surface area contributed by atoms with Gasteiger partial charge in [-0.2, -0.15) is 0 Å². The summed E-state index contributed by atoms with van der Waals surface area (Å²) in [6.07, 6.45) is 13.6. The van der Waals surface area contributed by atoms with Crippen molar-refractivity contribution in [3.05, 3.63) is 83.9 Å². The molecule has 5 aromatic rings. The van der Waals surface area contributed by atoms with Gasteiger partial charge < -0.3 is 63.4 Å². The standard InChI is InChI=1S/C73H106N14O10/c1-8-22-58(75)72(96)78-31-18-15-26-51(36-48(6)88)69(93)82-62(43-56-38-50-24-11-13-29-60(50)80-56)64(89)40-52(25-14-17-30-74)71(95)83-67(47(4)5)66(91)41-53(27-16-21-34-87-45-57(84-85-87)44-63(77-7)73(97)86-32-19-9-20-33-86)70(94)81-61(35-46(2)3)65(90)42-54(68(76)92)39-55-37-49-23-10-12-28-59(49)79-55/h1,10-13,23-24,28-29,37-38,45-47,51-54,58,61-63,67,77,79-80H,9,14-22,25-27,30-36,39-44,74-75H2,2-7H3,(H2,76,92)(H,78,96)(H,81,94)(H,82,93)(H,83,95). The number of amides is 6. The number of hydrogen-bond acceptors (Lipinski definition) is 15. The zero-order valence-electron chi connectivity index (χ0n) is 57.8. The molecule has 6 amide bonds. The number of likely N-dealkylation sites (N-methyl/N-ethyl adjacent to an activating group) is 1. The smallest absolute Gasteiger partial charge is 0.240 e. The van der Waals surface area contributed by atoms with Gasteiger partial charge in [0, 0.05) is 117 Å². The average Bonchev–Trinajstić information content (AvgIpc) is 1.77. The number of aryl methyl sites for hydroxylation is 1. The maximum absolute atomic E-state index is 15.0. The number of carbonyl (C=O) groups is 10. The molecular formula is C73H106N14O10. The summed E-state index contributed by atoms with van der Waals surface area (Å²) in [5.74, 6) is -6.02. The van der Waals surface area contributed by atoms with Crippen molar-refractivity contribution in [2.75, 3.05) is 33.2 Å². The van der Waals surface area contributed by atoms with Gasteiger partial charge >= 0.3 is 0 Å². The molecule has 0 saturated carbocycles. The Hall–Kier alpha value is -8.40. The van der Waals surface area contributed by atoms with Crippen LogP contribution in [0.5, 0.6) is 0 Å². The number of unbranched alkanes of at least 4 members (excludes halogenated alkanes) is 3. The van der Waals surface area contributed by atoms with E-state index < -0.39 is 101 Å². The molecule has 97 heavy (non-hydrogen) atoms. The number of carbonyl (C=O) groups excluding carboxylic acids is 10. The molecule has 9 unspecified atom stereocenters. The topological polar surface area (TPSA) is 374 Å². The number of nitrogens with one attached hydrogen (secondary N) is 7. The van der Waals surface area contributed by atoms with Gasteiger partial charge in [0.05, 0.1) is 41.8 Å². The number of ketones is 4. The second kappa shape index (κ2) is 39.7. The minimum Gasteiger partial charge on any atom is -0.369 e. The number of aromatic nitrogens is 5. The zero-order valence-corrected chi connectivity index (χ0v) is 57.8. The highest BCUT2D eigenvalue weighted by Gasteiger charge is 2.36. The number of aromatic amines is 2. The van der Waals surface area contributed by atoms with E-state index in [0.29, 0.717) is 69.4 Å². The van der Waals surface area contributed by atoms with Crippen LogP contribution in [0.4, 0.5) is 0 Å². The summed E-state index contributed by atoms with van der Waals surface area (Å²) in [5, 5.41) is 25.4. The molecule has 1 saturated heterocycles. The number of benzene rings is 2. The van der Waals surface area contributed by atoms with Crippen LogP contribution in [0.15, 0.2) is 66.9 Å². The van der Waals surface area contributed by atoms with Crippen molar-refractivity contribution >= 4 is 80.4 Å². The molecule has 1 aliphatic heterocycles. The molecule has 6 rings (SSSR count). The van der Waals surface area contributed by atoms with Crippen LogP contribution in [0.25, 0.3) is 21.8 Å². The quantitative estimate of drug-likeness (QED) is 0.0163. The second-order valence-corrected chi connectivity index (χ2v) is 27.2. The van der Waals surface area contributed by atoms with Crippen molar-refractivity contribution in [1.29, 1.82) is 0 Å². The molecule has 9 atom stereocenters. The van der Waals surface area contributed by atoms with E-state index >= 15 is 0 Å². The molecule has 2 aromatic carbocycles. The van der Waals surface area contributed by atoms with Crippen LogP contribution in [0, 0.1) is 47.9 Å². The number of primary amides is 1. The van der Waals surface area contributed by atoms with Crippen molar-refractivity contribution in [2.45, 2.75) is 206 Å². The fraction of sp³-hybridized carbons (Fsp3) is 0.589. The number of nitrogens with zero attached hydrogens (tertiary/aromatic N) is 4. The molecule has 13 N–H and O–H groups in total. The fourth-order valence-electron chi connectivity index (χ4n) is 12.8. The highest BCUT2D eigenvalue weighted by molar-refractivity contribution is 5.98. The molecule has 528 valence electrons. The van der Waals surface area contributed by atoms with E-state index in [1.807, 2.05) is 79.4 Å². The lowest BCUT2D eigenvalue weighted by molar-refractivity contribution is -0.136. The summed E-state index contributed by atoms with van der Waals surface area (Å²) in [6, 6.07) is 14.4. The van der Waals surface area contributed by atoms with Gasteiger partial charge in [0.1, 0.15) is 5.78 Å². The second-order valence-electron chi connectivity index (χ2n) is 27.2. The molecular weight excluding hydrogens is 1230 g/mol. The van der Waals surface area contributed by atoms with Crippen molar-refractivity contribution in [3.8, 4) is 12.3 Å². The third-order valence-corrected chi connectivity index (χ3v) is 18.3. The number of Topliss-reactive ketones (excluding diaryl/α,β-unsaturated/α-hetero) is 4. The van der Waals surface area contributed by atoms with Gasteiger partial charge in [-0.3, -0.25) is 47.8 Å². The van der Waals surface area contributed by atoms with Crippen LogP contribution in [-0.4, -0.2) is 152 Å². The van der Waals surface area contributed by atoms with Crippen LogP contribution >= 0.6 is 0 Å². The highest BCUT2D eigenvalue weighted by Crippen LogP contribution is 2.26. The lowest BCUT2D eigenvalue weighted by atomic mass is 9.86. The van der Waals surface area contributed by atoms with E-state index in [1.165, 1.54) is 6.92 Å². The van der Waals surface area contributed by atoms with Gasteiger partial charge in [-0.1, -0.05) is 88.6 Å². The van der Waals surface area contributed by atoms with E-state index in [2.05, 4.69) is 52.8 Å². The van der Waals surface area contributed by atoms with Gasteiger partial charge in [-0.05, 0) is 138 Å². The maximum atomic E-state index is 15.0. The number of hydrogen-bond donors (Lipinski definition) is 10.